The Labute approximate surface area is 101 Å². The Hall–Kier alpha value is -1.55. The lowest BCUT2D eigenvalue weighted by Gasteiger charge is -2.14. The summed E-state index contributed by atoms with van der Waals surface area (Å²) in [7, 11) is 0. The smallest absolute Gasteiger partial charge is 0.344 e. The van der Waals surface area contributed by atoms with Crippen LogP contribution in [0.4, 0.5) is 0 Å². The minimum atomic E-state index is -0.983. The molecule has 0 aliphatic rings. The molecule has 0 aliphatic carbocycles. The van der Waals surface area contributed by atoms with E-state index in [2.05, 4.69) is 13.8 Å². The van der Waals surface area contributed by atoms with Gasteiger partial charge in [-0.25, -0.2) is 4.79 Å². The molecule has 94 valence electrons. The molecule has 0 amide bonds. The topological polar surface area (TPSA) is 72.5 Å². The number of carbonyl (C=O) groups is 1. The summed E-state index contributed by atoms with van der Waals surface area (Å²) >= 11 is 0. The van der Waals surface area contributed by atoms with Crippen molar-refractivity contribution in [3.05, 3.63) is 29.8 Å². The van der Waals surface area contributed by atoms with Crippen LogP contribution in [-0.4, -0.2) is 23.7 Å². The molecule has 0 aromatic heterocycles. The average Bonchev–Trinajstić information content (AvgIpc) is 2.29. The van der Waals surface area contributed by atoms with Crippen molar-refractivity contribution in [2.75, 3.05) is 6.54 Å². The normalized spacial score (nSPS) is 12.5. The van der Waals surface area contributed by atoms with Gasteiger partial charge in [0.1, 0.15) is 5.75 Å². The first-order chi connectivity index (χ1) is 8.04. The number of carboxylic acids is 1. The molecule has 1 aromatic rings. The molecular weight excluding hydrogens is 218 g/mol. The number of hydrogen-bond acceptors (Lipinski definition) is 3. The van der Waals surface area contributed by atoms with Gasteiger partial charge in [0, 0.05) is 6.42 Å². The molecule has 0 radical (unpaired) electrons. The van der Waals surface area contributed by atoms with E-state index in [1.54, 1.807) is 12.1 Å². The maximum atomic E-state index is 10.9. The van der Waals surface area contributed by atoms with Crippen LogP contribution in [0.3, 0.4) is 0 Å². The molecule has 0 fully saturated rings. The summed E-state index contributed by atoms with van der Waals surface area (Å²) in [5.74, 6) is 0.0296. The van der Waals surface area contributed by atoms with Gasteiger partial charge < -0.3 is 15.6 Å². The zero-order valence-corrected chi connectivity index (χ0v) is 10.2. The number of carboxylic acid groups (broad SMARTS) is 1. The van der Waals surface area contributed by atoms with Crippen LogP contribution in [-0.2, 0) is 4.79 Å². The lowest BCUT2D eigenvalue weighted by Crippen LogP contribution is -2.29. The third kappa shape index (κ3) is 4.07. The van der Waals surface area contributed by atoms with E-state index in [0.29, 0.717) is 24.6 Å². The minimum Gasteiger partial charge on any atom is -0.479 e. The highest BCUT2D eigenvalue weighted by atomic mass is 16.5. The standard InChI is InChI=1S/C13H19NO3/c1-9(2)10-3-5-11(6-4-10)17-12(7-8-14)13(15)16/h3-6,9,12H,7-8,14H2,1-2H3,(H,15,16). The second-order valence-corrected chi connectivity index (χ2v) is 4.25. The summed E-state index contributed by atoms with van der Waals surface area (Å²) < 4.78 is 5.37. The second kappa shape index (κ2) is 6.25. The number of nitrogens with two attached hydrogens (primary N) is 1. The third-order valence-electron chi connectivity index (χ3n) is 2.53. The lowest BCUT2D eigenvalue weighted by molar-refractivity contribution is -0.145. The van der Waals surface area contributed by atoms with E-state index >= 15 is 0 Å². The highest BCUT2D eigenvalue weighted by Gasteiger charge is 2.18. The maximum absolute atomic E-state index is 10.9. The van der Waals surface area contributed by atoms with Crippen molar-refractivity contribution in [1.29, 1.82) is 0 Å². The summed E-state index contributed by atoms with van der Waals surface area (Å²) in [4.78, 5) is 10.9. The van der Waals surface area contributed by atoms with E-state index in [9.17, 15) is 4.79 Å². The van der Waals surface area contributed by atoms with Crippen LogP contribution in [0.1, 0.15) is 31.7 Å². The first-order valence-electron chi connectivity index (χ1n) is 5.74. The van der Waals surface area contributed by atoms with Gasteiger partial charge in [0.25, 0.3) is 0 Å². The van der Waals surface area contributed by atoms with Crippen molar-refractivity contribution in [3.8, 4) is 5.75 Å². The Balaban J connectivity index is 2.70. The first kappa shape index (κ1) is 13.5. The number of rotatable bonds is 6. The van der Waals surface area contributed by atoms with Crippen LogP contribution in [0.25, 0.3) is 0 Å². The molecule has 1 rings (SSSR count). The number of benzene rings is 1. The van der Waals surface area contributed by atoms with Crippen molar-refractivity contribution in [3.63, 3.8) is 0 Å². The second-order valence-electron chi connectivity index (χ2n) is 4.25. The van der Waals surface area contributed by atoms with Crippen LogP contribution in [0.5, 0.6) is 5.75 Å². The van der Waals surface area contributed by atoms with E-state index in [1.165, 1.54) is 5.56 Å². The van der Waals surface area contributed by atoms with Gasteiger partial charge in [-0.05, 0) is 30.2 Å². The summed E-state index contributed by atoms with van der Waals surface area (Å²) in [6.45, 7) is 4.50. The first-order valence-corrected chi connectivity index (χ1v) is 5.74. The average molecular weight is 237 g/mol. The molecule has 17 heavy (non-hydrogen) atoms. The highest BCUT2D eigenvalue weighted by molar-refractivity contribution is 5.72. The third-order valence-corrected chi connectivity index (χ3v) is 2.53. The molecule has 1 unspecified atom stereocenters. The molecule has 1 aromatic carbocycles. The monoisotopic (exact) mass is 237 g/mol. The molecule has 0 heterocycles. The molecule has 1 atom stereocenters. The molecule has 0 saturated carbocycles. The van der Waals surface area contributed by atoms with Gasteiger partial charge in [0.05, 0.1) is 0 Å². The molecule has 0 saturated heterocycles. The summed E-state index contributed by atoms with van der Waals surface area (Å²) in [6.07, 6.45) is -0.564. The molecule has 0 bridgehead atoms. The van der Waals surface area contributed by atoms with E-state index in [-0.39, 0.29) is 0 Å². The maximum Gasteiger partial charge on any atom is 0.344 e. The Morgan fingerprint density at radius 2 is 1.94 bits per heavy atom. The number of hydrogen-bond donors (Lipinski definition) is 2. The molecule has 4 heteroatoms. The Morgan fingerprint density at radius 3 is 2.35 bits per heavy atom. The Kier molecular flexibility index (Phi) is 4.97. The largest absolute Gasteiger partial charge is 0.479 e. The lowest BCUT2D eigenvalue weighted by atomic mass is 10.0. The van der Waals surface area contributed by atoms with E-state index < -0.39 is 12.1 Å². The van der Waals surface area contributed by atoms with Gasteiger partial charge in [0.2, 0.25) is 0 Å². The molecular formula is C13H19NO3. The van der Waals surface area contributed by atoms with Crippen LogP contribution in [0.15, 0.2) is 24.3 Å². The number of aliphatic carboxylic acids is 1. The van der Waals surface area contributed by atoms with Crippen molar-refractivity contribution in [2.45, 2.75) is 32.3 Å². The van der Waals surface area contributed by atoms with Gasteiger partial charge in [-0.15, -0.1) is 0 Å². The van der Waals surface area contributed by atoms with E-state index in [0.717, 1.165) is 0 Å². The van der Waals surface area contributed by atoms with Gasteiger partial charge in [-0.1, -0.05) is 26.0 Å². The fourth-order valence-electron chi connectivity index (χ4n) is 1.48. The predicted octanol–water partition coefficient (Wildman–Crippen LogP) is 1.99. The van der Waals surface area contributed by atoms with Crippen LogP contribution in [0.2, 0.25) is 0 Å². The van der Waals surface area contributed by atoms with Gasteiger partial charge in [-0.3, -0.25) is 0 Å². The van der Waals surface area contributed by atoms with Gasteiger partial charge in [0.15, 0.2) is 6.10 Å². The van der Waals surface area contributed by atoms with Crippen molar-refractivity contribution in [2.24, 2.45) is 5.73 Å². The van der Waals surface area contributed by atoms with E-state index in [4.69, 9.17) is 15.6 Å². The Bertz CT molecular complexity index is 359. The predicted molar refractivity (Wildman–Crippen MR) is 66.3 cm³/mol. The molecule has 0 aliphatic heterocycles. The zero-order valence-electron chi connectivity index (χ0n) is 10.2. The SMILES string of the molecule is CC(C)c1ccc(OC(CCN)C(=O)O)cc1. The zero-order chi connectivity index (χ0) is 12.8. The van der Waals surface area contributed by atoms with Gasteiger partial charge in [-0.2, -0.15) is 0 Å². The Morgan fingerprint density at radius 1 is 1.35 bits per heavy atom. The van der Waals surface area contributed by atoms with Crippen LogP contribution >= 0.6 is 0 Å². The van der Waals surface area contributed by atoms with Crippen molar-refractivity contribution >= 4 is 5.97 Å². The summed E-state index contributed by atoms with van der Waals surface area (Å²) in [5, 5.41) is 8.93. The fraction of sp³-hybridized carbons (Fsp3) is 0.462. The van der Waals surface area contributed by atoms with Crippen LogP contribution < -0.4 is 10.5 Å². The van der Waals surface area contributed by atoms with Crippen LogP contribution in [0, 0.1) is 0 Å². The molecule has 0 spiro atoms. The van der Waals surface area contributed by atoms with Crippen molar-refractivity contribution in [1.82, 2.24) is 0 Å². The quantitative estimate of drug-likeness (QED) is 0.793. The van der Waals surface area contributed by atoms with Gasteiger partial charge >= 0.3 is 5.97 Å². The highest BCUT2D eigenvalue weighted by Crippen LogP contribution is 2.19. The summed E-state index contributed by atoms with van der Waals surface area (Å²) in [6, 6.07) is 7.48. The van der Waals surface area contributed by atoms with Crippen molar-refractivity contribution < 1.29 is 14.6 Å². The molecule has 4 nitrogen and oxygen atoms in total. The van der Waals surface area contributed by atoms with E-state index in [1.807, 2.05) is 12.1 Å². The number of ether oxygens (including phenoxy) is 1. The summed E-state index contributed by atoms with van der Waals surface area (Å²) in [5.41, 5.74) is 6.54. The fourth-order valence-corrected chi connectivity index (χ4v) is 1.48. The molecule has 3 N–H and O–H groups in total. The minimum absolute atomic E-state index is 0.293.